The highest BCUT2D eigenvalue weighted by Gasteiger charge is 2.09. The van der Waals surface area contributed by atoms with Crippen LogP contribution < -0.4 is 0 Å². The van der Waals surface area contributed by atoms with Crippen LogP contribution in [0.4, 0.5) is 0 Å². The van der Waals surface area contributed by atoms with Crippen molar-refractivity contribution in [1.82, 2.24) is 9.78 Å². The van der Waals surface area contributed by atoms with Gasteiger partial charge in [0, 0.05) is 7.05 Å². The van der Waals surface area contributed by atoms with Crippen molar-refractivity contribution in [3.63, 3.8) is 0 Å². The number of aromatic nitrogens is 2. The van der Waals surface area contributed by atoms with Gasteiger partial charge in [0.25, 0.3) is 0 Å². The van der Waals surface area contributed by atoms with Gasteiger partial charge in [-0.15, -0.1) is 0 Å². The lowest BCUT2D eigenvalue weighted by Crippen LogP contribution is -2.04. The number of hydrogen-bond donors (Lipinski definition) is 1. The molecule has 1 aromatic heterocycles. The number of rotatable bonds is 2. The summed E-state index contributed by atoms with van der Waals surface area (Å²) in [4.78, 5) is 10.5. The highest BCUT2D eigenvalue weighted by atomic mass is 16.4. The normalized spacial score (nSPS) is 10.0. The Bertz CT molecular complexity index is 278. The lowest BCUT2D eigenvalue weighted by atomic mass is 10.3. The zero-order chi connectivity index (χ0) is 8.43. The third-order valence-electron chi connectivity index (χ3n) is 1.51. The summed E-state index contributed by atoms with van der Waals surface area (Å²) < 4.78 is 1.38. The van der Waals surface area contributed by atoms with E-state index < -0.39 is 5.97 Å². The number of nitrogens with zero attached hydrogens (tertiary/aromatic N) is 2. The molecule has 0 aliphatic heterocycles. The molecule has 60 valence electrons. The van der Waals surface area contributed by atoms with E-state index in [0.717, 1.165) is 12.1 Å². The first-order valence-corrected chi connectivity index (χ1v) is 3.41. The van der Waals surface area contributed by atoms with Gasteiger partial charge in [-0.25, -0.2) is 4.79 Å². The van der Waals surface area contributed by atoms with Crippen LogP contribution in [0.2, 0.25) is 0 Å². The summed E-state index contributed by atoms with van der Waals surface area (Å²) in [5.41, 5.74) is 1.05. The summed E-state index contributed by atoms with van der Waals surface area (Å²) in [7, 11) is 1.63. The summed E-state index contributed by atoms with van der Waals surface area (Å²) in [6.45, 7) is 1.94. The second-order valence-electron chi connectivity index (χ2n) is 2.30. The quantitative estimate of drug-likeness (QED) is 0.681. The molecule has 1 N–H and O–H groups in total. The van der Waals surface area contributed by atoms with Crippen LogP contribution >= 0.6 is 0 Å². The predicted molar refractivity (Wildman–Crippen MR) is 39.5 cm³/mol. The standard InChI is InChI=1S/C7H10N2O2/c1-3-5-4-6(7(10)11)9(2)8-5/h4H,3H2,1-2H3,(H,10,11). The second-order valence-corrected chi connectivity index (χ2v) is 2.30. The Balaban J connectivity index is 3.07. The number of carboxylic acid groups (broad SMARTS) is 1. The third kappa shape index (κ3) is 1.39. The Morgan fingerprint density at radius 3 is 2.73 bits per heavy atom. The molecule has 1 rings (SSSR count). The van der Waals surface area contributed by atoms with E-state index in [1.807, 2.05) is 6.92 Å². The molecule has 1 heterocycles. The minimum Gasteiger partial charge on any atom is -0.477 e. The van der Waals surface area contributed by atoms with Gasteiger partial charge in [0.2, 0.25) is 0 Å². The van der Waals surface area contributed by atoms with Crippen LogP contribution in [0.3, 0.4) is 0 Å². The first-order chi connectivity index (χ1) is 5.15. The molecule has 1 aromatic rings. The second kappa shape index (κ2) is 2.74. The first-order valence-electron chi connectivity index (χ1n) is 3.41. The molecule has 0 atom stereocenters. The Morgan fingerprint density at radius 1 is 1.82 bits per heavy atom. The lowest BCUT2D eigenvalue weighted by molar-refractivity contribution is 0.0685. The van der Waals surface area contributed by atoms with Gasteiger partial charge in [-0.05, 0) is 12.5 Å². The molecule has 4 nitrogen and oxygen atoms in total. The fraction of sp³-hybridized carbons (Fsp3) is 0.429. The number of carboxylic acids is 1. The smallest absolute Gasteiger partial charge is 0.354 e. The van der Waals surface area contributed by atoms with Crippen molar-refractivity contribution in [3.05, 3.63) is 17.5 Å². The van der Waals surface area contributed by atoms with Gasteiger partial charge < -0.3 is 5.11 Å². The largest absolute Gasteiger partial charge is 0.477 e. The van der Waals surface area contributed by atoms with Crippen molar-refractivity contribution < 1.29 is 9.90 Å². The predicted octanol–water partition coefficient (Wildman–Crippen LogP) is 0.681. The molecular formula is C7H10N2O2. The zero-order valence-corrected chi connectivity index (χ0v) is 6.53. The van der Waals surface area contributed by atoms with E-state index in [4.69, 9.17) is 5.11 Å². The monoisotopic (exact) mass is 154 g/mol. The van der Waals surface area contributed by atoms with Crippen LogP contribution in [0, 0.1) is 0 Å². The molecule has 0 saturated heterocycles. The van der Waals surface area contributed by atoms with Crippen LogP contribution in [0.5, 0.6) is 0 Å². The summed E-state index contributed by atoms with van der Waals surface area (Å²) >= 11 is 0. The van der Waals surface area contributed by atoms with E-state index in [-0.39, 0.29) is 5.69 Å². The summed E-state index contributed by atoms with van der Waals surface area (Å²) in [6.07, 6.45) is 0.765. The molecule has 0 saturated carbocycles. The molecule has 0 spiro atoms. The molecule has 0 aliphatic rings. The molecule has 11 heavy (non-hydrogen) atoms. The van der Waals surface area contributed by atoms with Crippen LogP contribution in [-0.2, 0) is 13.5 Å². The van der Waals surface area contributed by atoms with Gasteiger partial charge in [-0.2, -0.15) is 5.10 Å². The molecule has 0 amide bonds. The maximum atomic E-state index is 10.5. The maximum absolute atomic E-state index is 10.5. The van der Waals surface area contributed by atoms with Crippen molar-refractivity contribution in [2.75, 3.05) is 0 Å². The van der Waals surface area contributed by atoms with Crippen LogP contribution in [-0.4, -0.2) is 20.9 Å². The number of aryl methyl sites for hydroxylation is 2. The van der Waals surface area contributed by atoms with E-state index >= 15 is 0 Å². The molecular weight excluding hydrogens is 144 g/mol. The lowest BCUT2D eigenvalue weighted by Gasteiger charge is -1.91. The van der Waals surface area contributed by atoms with Crippen molar-refractivity contribution in [2.45, 2.75) is 13.3 Å². The van der Waals surface area contributed by atoms with Gasteiger partial charge in [0.05, 0.1) is 5.69 Å². The highest BCUT2D eigenvalue weighted by Crippen LogP contribution is 2.02. The van der Waals surface area contributed by atoms with E-state index in [9.17, 15) is 4.79 Å². The average Bonchev–Trinajstić information content (AvgIpc) is 2.30. The van der Waals surface area contributed by atoms with Crippen LogP contribution in [0.25, 0.3) is 0 Å². The number of aromatic carboxylic acids is 1. The Hall–Kier alpha value is -1.32. The fourth-order valence-corrected chi connectivity index (χ4v) is 0.900. The van der Waals surface area contributed by atoms with Crippen molar-refractivity contribution in [3.8, 4) is 0 Å². The van der Waals surface area contributed by atoms with Gasteiger partial charge in [0.15, 0.2) is 0 Å². The summed E-state index contributed by atoms with van der Waals surface area (Å²) in [5.74, 6) is -0.931. The molecule has 0 radical (unpaired) electrons. The van der Waals surface area contributed by atoms with Crippen molar-refractivity contribution in [1.29, 1.82) is 0 Å². The van der Waals surface area contributed by atoms with E-state index in [0.29, 0.717) is 0 Å². The Labute approximate surface area is 64.5 Å². The first kappa shape index (κ1) is 7.78. The number of carbonyl (C=O) groups is 1. The molecule has 4 heteroatoms. The van der Waals surface area contributed by atoms with E-state index in [2.05, 4.69) is 5.10 Å². The fourth-order valence-electron chi connectivity index (χ4n) is 0.900. The van der Waals surface area contributed by atoms with Crippen molar-refractivity contribution in [2.24, 2.45) is 7.05 Å². The van der Waals surface area contributed by atoms with Gasteiger partial charge in [-0.1, -0.05) is 6.92 Å². The summed E-state index contributed by atoms with van der Waals surface area (Å²) in [6, 6.07) is 1.59. The average molecular weight is 154 g/mol. The van der Waals surface area contributed by atoms with E-state index in [1.54, 1.807) is 13.1 Å². The molecule has 0 unspecified atom stereocenters. The minimum absolute atomic E-state index is 0.238. The van der Waals surface area contributed by atoms with Gasteiger partial charge >= 0.3 is 5.97 Å². The Morgan fingerprint density at radius 2 is 2.45 bits per heavy atom. The van der Waals surface area contributed by atoms with Crippen molar-refractivity contribution >= 4 is 5.97 Å². The number of hydrogen-bond acceptors (Lipinski definition) is 2. The molecule has 0 aromatic carbocycles. The molecule has 0 fully saturated rings. The minimum atomic E-state index is -0.931. The highest BCUT2D eigenvalue weighted by molar-refractivity contribution is 5.85. The van der Waals surface area contributed by atoms with Crippen LogP contribution in [0.1, 0.15) is 23.1 Å². The van der Waals surface area contributed by atoms with Crippen LogP contribution in [0.15, 0.2) is 6.07 Å². The third-order valence-corrected chi connectivity index (χ3v) is 1.51. The van der Waals surface area contributed by atoms with E-state index in [1.165, 1.54) is 4.68 Å². The maximum Gasteiger partial charge on any atom is 0.354 e. The molecule has 0 bridgehead atoms. The molecule has 0 aliphatic carbocycles. The summed E-state index contributed by atoms with van der Waals surface area (Å²) in [5, 5.41) is 12.6. The topological polar surface area (TPSA) is 55.1 Å². The van der Waals surface area contributed by atoms with Gasteiger partial charge in [-0.3, -0.25) is 4.68 Å². The zero-order valence-electron chi connectivity index (χ0n) is 6.53. The SMILES string of the molecule is CCc1cc(C(=O)O)n(C)n1. The van der Waals surface area contributed by atoms with Gasteiger partial charge in [0.1, 0.15) is 5.69 Å². The Kier molecular flexibility index (Phi) is 1.94.